The Balaban J connectivity index is 1.50. The van der Waals surface area contributed by atoms with Crippen LogP contribution >= 0.6 is 0 Å². The monoisotopic (exact) mass is 299 g/mol. The predicted octanol–water partition coefficient (Wildman–Crippen LogP) is 3.54. The summed E-state index contributed by atoms with van der Waals surface area (Å²) < 4.78 is 0. The first-order valence-corrected chi connectivity index (χ1v) is 8.18. The van der Waals surface area contributed by atoms with Crippen LogP contribution in [0, 0.1) is 10.8 Å². The van der Waals surface area contributed by atoms with Gasteiger partial charge < -0.3 is 10.4 Å². The lowest BCUT2D eigenvalue weighted by atomic mass is 9.45. The van der Waals surface area contributed by atoms with E-state index < -0.39 is 11.4 Å². The molecule has 4 nitrogen and oxygen atoms in total. The summed E-state index contributed by atoms with van der Waals surface area (Å²) in [5, 5.41) is 12.4. The zero-order chi connectivity index (χ0) is 15.4. The molecule has 4 heteroatoms. The van der Waals surface area contributed by atoms with Gasteiger partial charge >= 0.3 is 5.97 Å². The second kappa shape index (κ2) is 4.58. The zero-order valence-electron chi connectivity index (χ0n) is 12.6. The molecule has 22 heavy (non-hydrogen) atoms. The molecule has 0 bridgehead atoms. The third-order valence-electron chi connectivity index (χ3n) is 5.81. The zero-order valence-corrected chi connectivity index (χ0v) is 12.6. The van der Waals surface area contributed by atoms with E-state index in [1.807, 2.05) is 18.2 Å². The Morgan fingerprint density at radius 3 is 2.45 bits per heavy atom. The number of carbonyl (C=O) groups is 2. The summed E-state index contributed by atoms with van der Waals surface area (Å²) in [6.45, 7) is 0. The normalized spacial score (nSPS) is 24.2. The number of aliphatic carboxylic acids is 1. The van der Waals surface area contributed by atoms with Crippen LogP contribution in [0.2, 0.25) is 0 Å². The standard InChI is InChI=1S/C18H21NO3/c20-15(18(16(21)22)10-17(11-18)7-2-8-17)19-14-4-1-3-13(9-14)12-5-6-12/h1,3-4,9,12H,2,5-8,10-11H2,(H,19,20)(H,21,22). The van der Waals surface area contributed by atoms with Crippen LogP contribution in [0.15, 0.2) is 24.3 Å². The van der Waals surface area contributed by atoms with Gasteiger partial charge in [0.25, 0.3) is 0 Å². The smallest absolute Gasteiger partial charge is 0.319 e. The molecule has 1 aromatic carbocycles. The minimum atomic E-state index is -1.21. The summed E-state index contributed by atoms with van der Waals surface area (Å²) in [5.74, 6) is -0.696. The van der Waals surface area contributed by atoms with E-state index in [-0.39, 0.29) is 11.3 Å². The molecule has 3 aliphatic carbocycles. The van der Waals surface area contributed by atoms with Gasteiger partial charge in [0.15, 0.2) is 0 Å². The Morgan fingerprint density at radius 1 is 1.18 bits per heavy atom. The van der Waals surface area contributed by atoms with Crippen molar-refractivity contribution in [1.29, 1.82) is 0 Å². The van der Waals surface area contributed by atoms with Crippen LogP contribution in [0.1, 0.15) is 56.4 Å². The van der Waals surface area contributed by atoms with Gasteiger partial charge in [-0.3, -0.25) is 9.59 Å². The first-order valence-electron chi connectivity index (χ1n) is 8.18. The van der Waals surface area contributed by atoms with Gasteiger partial charge in [0, 0.05) is 5.69 Å². The molecule has 0 saturated heterocycles. The average Bonchev–Trinajstić information content (AvgIpc) is 3.20. The summed E-state index contributed by atoms with van der Waals surface area (Å²) >= 11 is 0. The molecule has 1 aromatic rings. The van der Waals surface area contributed by atoms with Gasteiger partial charge in [-0.15, -0.1) is 0 Å². The Kier molecular flexibility index (Phi) is 2.87. The van der Waals surface area contributed by atoms with E-state index in [9.17, 15) is 14.7 Å². The number of carboxylic acids is 1. The van der Waals surface area contributed by atoms with E-state index in [0.717, 1.165) is 18.5 Å². The molecule has 3 saturated carbocycles. The van der Waals surface area contributed by atoms with E-state index in [1.54, 1.807) is 0 Å². The molecular formula is C18H21NO3. The van der Waals surface area contributed by atoms with Crippen LogP contribution in [-0.2, 0) is 9.59 Å². The molecule has 0 atom stereocenters. The lowest BCUT2D eigenvalue weighted by Gasteiger charge is -2.58. The maximum absolute atomic E-state index is 12.6. The largest absolute Gasteiger partial charge is 0.480 e. The van der Waals surface area contributed by atoms with Crippen molar-refractivity contribution in [1.82, 2.24) is 0 Å². The molecule has 3 fully saturated rings. The topological polar surface area (TPSA) is 66.4 Å². The van der Waals surface area contributed by atoms with Crippen LogP contribution in [0.4, 0.5) is 5.69 Å². The van der Waals surface area contributed by atoms with Gasteiger partial charge in [-0.2, -0.15) is 0 Å². The highest BCUT2D eigenvalue weighted by Gasteiger charge is 2.64. The summed E-state index contributed by atoms with van der Waals surface area (Å²) in [5.41, 5.74) is 0.901. The molecule has 0 unspecified atom stereocenters. The molecule has 1 amide bonds. The summed E-state index contributed by atoms with van der Waals surface area (Å²) in [7, 11) is 0. The van der Waals surface area contributed by atoms with Gasteiger partial charge in [-0.1, -0.05) is 18.6 Å². The van der Waals surface area contributed by atoms with Gasteiger partial charge in [-0.25, -0.2) is 0 Å². The fraction of sp³-hybridized carbons (Fsp3) is 0.556. The van der Waals surface area contributed by atoms with Crippen LogP contribution in [0.25, 0.3) is 0 Å². The minimum absolute atomic E-state index is 0.144. The summed E-state index contributed by atoms with van der Waals surface area (Å²) in [6, 6.07) is 7.85. The third-order valence-corrected chi connectivity index (χ3v) is 5.81. The number of amides is 1. The van der Waals surface area contributed by atoms with Crippen LogP contribution in [0.3, 0.4) is 0 Å². The fourth-order valence-electron chi connectivity index (χ4n) is 4.21. The quantitative estimate of drug-likeness (QED) is 0.836. The van der Waals surface area contributed by atoms with Crippen molar-refractivity contribution in [3.8, 4) is 0 Å². The van der Waals surface area contributed by atoms with Crippen molar-refractivity contribution in [2.75, 3.05) is 5.32 Å². The molecule has 0 aromatic heterocycles. The number of hydrogen-bond donors (Lipinski definition) is 2. The number of carbonyl (C=O) groups excluding carboxylic acids is 1. The van der Waals surface area contributed by atoms with E-state index in [4.69, 9.17) is 0 Å². The Morgan fingerprint density at radius 2 is 1.91 bits per heavy atom. The van der Waals surface area contributed by atoms with Gasteiger partial charge in [0.2, 0.25) is 5.91 Å². The lowest BCUT2D eigenvalue weighted by Crippen LogP contribution is -2.59. The van der Waals surface area contributed by atoms with Crippen molar-refractivity contribution in [3.63, 3.8) is 0 Å². The highest BCUT2D eigenvalue weighted by Crippen LogP contribution is 2.64. The van der Waals surface area contributed by atoms with Crippen molar-refractivity contribution >= 4 is 17.6 Å². The van der Waals surface area contributed by atoms with Crippen molar-refractivity contribution in [2.45, 2.75) is 50.9 Å². The highest BCUT2D eigenvalue weighted by molar-refractivity contribution is 6.09. The molecule has 3 aliphatic rings. The van der Waals surface area contributed by atoms with E-state index in [2.05, 4.69) is 11.4 Å². The highest BCUT2D eigenvalue weighted by atomic mass is 16.4. The number of hydrogen-bond acceptors (Lipinski definition) is 2. The second-order valence-corrected chi connectivity index (χ2v) is 7.45. The predicted molar refractivity (Wildman–Crippen MR) is 82.6 cm³/mol. The molecular weight excluding hydrogens is 278 g/mol. The second-order valence-electron chi connectivity index (χ2n) is 7.45. The maximum Gasteiger partial charge on any atom is 0.319 e. The van der Waals surface area contributed by atoms with Gasteiger partial charge in [0.05, 0.1) is 0 Å². The lowest BCUT2D eigenvalue weighted by molar-refractivity contribution is -0.178. The third kappa shape index (κ3) is 2.04. The van der Waals surface area contributed by atoms with Crippen molar-refractivity contribution < 1.29 is 14.7 Å². The molecule has 116 valence electrons. The van der Waals surface area contributed by atoms with Crippen LogP contribution < -0.4 is 5.32 Å². The van der Waals surface area contributed by atoms with Crippen LogP contribution in [-0.4, -0.2) is 17.0 Å². The number of anilines is 1. The van der Waals surface area contributed by atoms with E-state index in [1.165, 1.54) is 24.8 Å². The molecule has 2 N–H and O–H groups in total. The molecule has 0 aliphatic heterocycles. The maximum atomic E-state index is 12.6. The Labute approximate surface area is 129 Å². The fourth-order valence-corrected chi connectivity index (χ4v) is 4.21. The van der Waals surface area contributed by atoms with Crippen molar-refractivity contribution in [2.24, 2.45) is 10.8 Å². The van der Waals surface area contributed by atoms with Gasteiger partial charge in [-0.05, 0) is 67.6 Å². The van der Waals surface area contributed by atoms with Gasteiger partial charge in [0.1, 0.15) is 5.41 Å². The Hall–Kier alpha value is -1.84. The number of benzene rings is 1. The first kappa shape index (κ1) is 13.8. The number of rotatable bonds is 4. The summed E-state index contributed by atoms with van der Waals surface area (Å²) in [4.78, 5) is 24.3. The molecule has 0 radical (unpaired) electrons. The van der Waals surface area contributed by atoms with E-state index >= 15 is 0 Å². The van der Waals surface area contributed by atoms with Crippen LogP contribution in [0.5, 0.6) is 0 Å². The number of carboxylic acid groups (broad SMARTS) is 1. The average molecular weight is 299 g/mol. The number of nitrogens with one attached hydrogen (secondary N) is 1. The first-order chi connectivity index (χ1) is 10.5. The SMILES string of the molecule is O=C(O)C1(C(=O)Nc2cccc(C3CC3)c2)CC2(CCC2)C1. The molecule has 1 spiro atoms. The summed E-state index contributed by atoms with van der Waals surface area (Å²) in [6.07, 6.45) is 6.74. The minimum Gasteiger partial charge on any atom is -0.480 e. The molecule has 4 rings (SSSR count). The van der Waals surface area contributed by atoms with Crippen molar-refractivity contribution in [3.05, 3.63) is 29.8 Å². The van der Waals surface area contributed by atoms with E-state index in [0.29, 0.717) is 18.8 Å². The Bertz CT molecular complexity index is 635. The molecule has 0 heterocycles.